The van der Waals surface area contributed by atoms with E-state index >= 15 is 0 Å². The van der Waals surface area contributed by atoms with E-state index in [0.717, 1.165) is 25.8 Å². The van der Waals surface area contributed by atoms with Crippen LogP contribution in [0.4, 0.5) is 4.39 Å². The summed E-state index contributed by atoms with van der Waals surface area (Å²) in [5.74, 6) is -0.180. The second-order valence-electron chi connectivity index (χ2n) is 3.89. The Labute approximate surface area is 90.6 Å². The molecule has 0 saturated carbocycles. The fourth-order valence-corrected chi connectivity index (χ4v) is 2.00. The molecule has 1 rings (SSSR count). The third-order valence-electron chi connectivity index (χ3n) is 2.84. The summed E-state index contributed by atoms with van der Waals surface area (Å²) in [7, 11) is 0. The number of halogens is 1. The number of hydrogen-bond donors (Lipinski definition) is 0. The molecule has 0 spiro atoms. The van der Waals surface area contributed by atoms with Crippen LogP contribution in [0.15, 0.2) is 0 Å². The minimum atomic E-state index is -0.303. The Hall–Kier alpha value is -0.640. The molecule has 0 N–H and O–H groups in total. The number of nitrogens with zero attached hydrogens (tertiary/aromatic N) is 1. The normalized spacial score (nSPS) is 22.7. The number of esters is 1. The van der Waals surface area contributed by atoms with Gasteiger partial charge >= 0.3 is 5.97 Å². The molecule has 1 heterocycles. The molecule has 0 aromatic carbocycles. The first kappa shape index (κ1) is 12.4. The van der Waals surface area contributed by atoms with Crippen LogP contribution in [-0.2, 0) is 9.53 Å². The van der Waals surface area contributed by atoms with E-state index in [2.05, 4.69) is 4.90 Å². The van der Waals surface area contributed by atoms with Crippen molar-refractivity contribution in [2.24, 2.45) is 0 Å². The van der Waals surface area contributed by atoms with E-state index in [1.54, 1.807) is 6.92 Å². The van der Waals surface area contributed by atoms with Crippen molar-refractivity contribution in [2.75, 3.05) is 26.4 Å². The van der Waals surface area contributed by atoms with Crippen molar-refractivity contribution in [2.45, 2.75) is 38.6 Å². The third-order valence-corrected chi connectivity index (χ3v) is 2.84. The van der Waals surface area contributed by atoms with Gasteiger partial charge in [0, 0.05) is 12.6 Å². The van der Waals surface area contributed by atoms with E-state index < -0.39 is 0 Å². The van der Waals surface area contributed by atoms with Crippen LogP contribution in [0.5, 0.6) is 0 Å². The molecule has 1 atom stereocenters. The largest absolute Gasteiger partial charge is 0.466 e. The monoisotopic (exact) mass is 217 g/mol. The Morgan fingerprint density at radius 3 is 3.00 bits per heavy atom. The highest BCUT2D eigenvalue weighted by Gasteiger charge is 2.22. The van der Waals surface area contributed by atoms with E-state index in [9.17, 15) is 9.18 Å². The molecule has 15 heavy (non-hydrogen) atoms. The fourth-order valence-electron chi connectivity index (χ4n) is 2.00. The molecular formula is C11H20FNO2. The molecule has 88 valence electrons. The van der Waals surface area contributed by atoms with Gasteiger partial charge < -0.3 is 4.74 Å². The predicted octanol–water partition coefficient (Wildman–Crippen LogP) is 1.76. The van der Waals surface area contributed by atoms with Gasteiger partial charge in [0.15, 0.2) is 0 Å². The maximum absolute atomic E-state index is 12.6. The van der Waals surface area contributed by atoms with Gasteiger partial charge in [-0.05, 0) is 26.3 Å². The van der Waals surface area contributed by atoms with Gasteiger partial charge in [-0.25, -0.2) is 4.39 Å². The Bertz CT molecular complexity index is 199. The second kappa shape index (κ2) is 6.77. The zero-order chi connectivity index (χ0) is 11.1. The van der Waals surface area contributed by atoms with Crippen LogP contribution in [0.2, 0.25) is 0 Å². The van der Waals surface area contributed by atoms with E-state index in [0.29, 0.717) is 19.6 Å². The van der Waals surface area contributed by atoms with Crippen LogP contribution in [0, 0.1) is 0 Å². The highest BCUT2D eigenvalue weighted by atomic mass is 19.1. The maximum Gasteiger partial charge on any atom is 0.307 e. The average Bonchev–Trinajstić information content (AvgIpc) is 2.27. The Morgan fingerprint density at radius 2 is 2.33 bits per heavy atom. The summed E-state index contributed by atoms with van der Waals surface area (Å²) in [5, 5.41) is 0. The SMILES string of the molecule is CCOC(=O)CCN1CCCC[C@H]1CF. The molecular weight excluding hydrogens is 197 g/mol. The lowest BCUT2D eigenvalue weighted by molar-refractivity contribution is -0.143. The Morgan fingerprint density at radius 1 is 1.53 bits per heavy atom. The Kier molecular flexibility index (Phi) is 5.61. The summed E-state index contributed by atoms with van der Waals surface area (Å²) in [6, 6.07) is 0.0215. The van der Waals surface area contributed by atoms with Gasteiger partial charge in [0.05, 0.1) is 13.0 Å². The van der Waals surface area contributed by atoms with Crippen LogP contribution < -0.4 is 0 Å². The standard InChI is InChI=1S/C11H20FNO2/c1-2-15-11(14)6-8-13-7-4-3-5-10(13)9-12/h10H,2-9H2,1H3/t10-/m0/s1. The highest BCUT2D eigenvalue weighted by Crippen LogP contribution is 2.17. The molecule has 1 aliphatic rings. The van der Waals surface area contributed by atoms with Crippen molar-refractivity contribution in [3.05, 3.63) is 0 Å². The van der Waals surface area contributed by atoms with Crippen LogP contribution in [-0.4, -0.2) is 43.3 Å². The molecule has 1 saturated heterocycles. The summed E-state index contributed by atoms with van der Waals surface area (Å²) >= 11 is 0. The van der Waals surface area contributed by atoms with Crippen molar-refractivity contribution < 1.29 is 13.9 Å². The average molecular weight is 217 g/mol. The lowest BCUT2D eigenvalue weighted by Crippen LogP contribution is -2.42. The predicted molar refractivity (Wildman–Crippen MR) is 56.4 cm³/mol. The number of carbonyl (C=O) groups excluding carboxylic acids is 1. The van der Waals surface area contributed by atoms with Crippen LogP contribution in [0.3, 0.4) is 0 Å². The minimum Gasteiger partial charge on any atom is -0.466 e. The van der Waals surface area contributed by atoms with Crippen molar-refractivity contribution in [3.63, 3.8) is 0 Å². The quantitative estimate of drug-likeness (QED) is 0.657. The molecule has 0 bridgehead atoms. The summed E-state index contributed by atoms with van der Waals surface area (Å²) in [6.07, 6.45) is 3.51. The van der Waals surface area contributed by atoms with Gasteiger partial charge in [-0.1, -0.05) is 6.42 Å². The number of ether oxygens (including phenoxy) is 1. The number of alkyl halides is 1. The summed E-state index contributed by atoms with van der Waals surface area (Å²) in [6.45, 7) is 3.46. The topological polar surface area (TPSA) is 29.5 Å². The van der Waals surface area contributed by atoms with Gasteiger partial charge in [0.25, 0.3) is 0 Å². The number of rotatable bonds is 5. The molecule has 0 aromatic rings. The number of likely N-dealkylation sites (tertiary alicyclic amines) is 1. The van der Waals surface area contributed by atoms with Crippen LogP contribution in [0.1, 0.15) is 32.6 Å². The molecule has 0 amide bonds. The Balaban J connectivity index is 2.26. The van der Waals surface area contributed by atoms with Crippen molar-refractivity contribution >= 4 is 5.97 Å². The van der Waals surface area contributed by atoms with E-state index in [1.165, 1.54) is 0 Å². The lowest BCUT2D eigenvalue weighted by Gasteiger charge is -2.33. The first-order chi connectivity index (χ1) is 7.27. The summed E-state index contributed by atoms with van der Waals surface area (Å²) < 4.78 is 17.5. The zero-order valence-corrected chi connectivity index (χ0v) is 9.38. The van der Waals surface area contributed by atoms with Gasteiger partial charge in [-0.15, -0.1) is 0 Å². The third kappa shape index (κ3) is 4.16. The van der Waals surface area contributed by atoms with Crippen molar-refractivity contribution in [1.29, 1.82) is 0 Å². The van der Waals surface area contributed by atoms with E-state index in [4.69, 9.17) is 4.74 Å². The number of carbonyl (C=O) groups is 1. The first-order valence-electron chi connectivity index (χ1n) is 5.73. The minimum absolute atomic E-state index is 0.0215. The molecule has 0 aliphatic carbocycles. The zero-order valence-electron chi connectivity index (χ0n) is 9.38. The number of piperidine rings is 1. The van der Waals surface area contributed by atoms with E-state index in [-0.39, 0.29) is 18.7 Å². The maximum atomic E-state index is 12.6. The second-order valence-corrected chi connectivity index (χ2v) is 3.89. The first-order valence-corrected chi connectivity index (χ1v) is 5.73. The van der Waals surface area contributed by atoms with Crippen molar-refractivity contribution in [3.8, 4) is 0 Å². The van der Waals surface area contributed by atoms with Gasteiger partial charge in [0.1, 0.15) is 6.67 Å². The molecule has 1 fully saturated rings. The molecule has 3 nitrogen and oxygen atoms in total. The molecule has 1 aliphatic heterocycles. The van der Waals surface area contributed by atoms with Crippen molar-refractivity contribution in [1.82, 2.24) is 4.90 Å². The summed E-state index contributed by atoms with van der Waals surface area (Å²) in [4.78, 5) is 13.2. The molecule has 0 aromatic heterocycles. The smallest absolute Gasteiger partial charge is 0.307 e. The fraction of sp³-hybridized carbons (Fsp3) is 0.909. The molecule has 4 heteroatoms. The van der Waals surface area contributed by atoms with Gasteiger partial charge in [0.2, 0.25) is 0 Å². The molecule has 0 unspecified atom stereocenters. The highest BCUT2D eigenvalue weighted by molar-refractivity contribution is 5.69. The summed E-state index contributed by atoms with van der Waals surface area (Å²) in [5.41, 5.74) is 0. The van der Waals surface area contributed by atoms with Gasteiger partial charge in [-0.3, -0.25) is 9.69 Å². The number of hydrogen-bond acceptors (Lipinski definition) is 3. The van der Waals surface area contributed by atoms with E-state index in [1.807, 2.05) is 0 Å². The van der Waals surface area contributed by atoms with Gasteiger partial charge in [-0.2, -0.15) is 0 Å². The molecule has 0 radical (unpaired) electrons. The van der Waals surface area contributed by atoms with Crippen LogP contribution in [0.25, 0.3) is 0 Å². The van der Waals surface area contributed by atoms with Crippen LogP contribution >= 0.6 is 0 Å². The lowest BCUT2D eigenvalue weighted by atomic mass is 10.0.